The molecular formula is C19H14ClFN2O2. The number of carbonyl (C=O) groups excluding carboxylic acids is 1. The number of hydrogen-bond acceptors (Lipinski definition) is 3. The van der Waals surface area contributed by atoms with Gasteiger partial charge in [-0.3, -0.25) is 9.78 Å². The van der Waals surface area contributed by atoms with Crippen molar-refractivity contribution in [2.45, 2.75) is 6.92 Å². The summed E-state index contributed by atoms with van der Waals surface area (Å²) in [7, 11) is 0. The summed E-state index contributed by atoms with van der Waals surface area (Å²) in [5.74, 6) is 0.0544. The topological polar surface area (TPSA) is 51.2 Å². The monoisotopic (exact) mass is 356 g/mol. The Morgan fingerprint density at radius 3 is 2.76 bits per heavy atom. The first-order valence-corrected chi connectivity index (χ1v) is 7.85. The molecule has 0 aliphatic heterocycles. The van der Waals surface area contributed by atoms with Crippen LogP contribution in [0, 0.1) is 12.7 Å². The molecule has 0 radical (unpaired) electrons. The number of amides is 1. The molecule has 25 heavy (non-hydrogen) atoms. The Balaban J connectivity index is 1.76. The van der Waals surface area contributed by atoms with Crippen molar-refractivity contribution in [1.29, 1.82) is 0 Å². The van der Waals surface area contributed by atoms with Gasteiger partial charge >= 0.3 is 0 Å². The first-order chi connectivity index (χ1) is 12.0. The van der Waals surface area contributed by atoms with E-state index in [1.54, 1.807) is 42.7 Å². The van der Waals surface area contributed by atoms with Gasteiger partial charge in [-0.15, -0.1) is 0 Å². The number of anilines is 1. The molecule has 0 atom stereocenters. The summed E-state index contributed by atoms with van der Waals surface area (Å²) in [4.78, 5) is 16.2. The fourth-order valence-electron chi connectivity index (χ4n) is 2.25. The predicted octanol–water partition coefficient (Wildman–Crippen LogP) is 5.23. The summed E-state index contributed by atoms with van der Waals surface area (Å²) < 4.78 is 19.5. The molecule has 1 amide bonds. The van der Waals surface area contributed by atoms with E-state index in [1.165, 1.54) is 12.1 Å². The van der Waals surface area contributed by atoms with Gasteiger partial charge in [0, 0.05) is 16.9 Å². The SMILES string of the molecule is Cc1cc(NC(=O)c2cc(Cl)ccc2F)ccc1Oc1cccnc1. The smallest absolute Gasteiger partial charge is 0.258 e. The number of nitrogens with zero attached hydrogens (tertiary/aromatic N) is 1. The first-order valence-electron chi connectivity index (χ1n) is 7.48. The van der Waals surface area contributed by atoms with E-state index >= 15 is 0 Å². The van der Waals surface area contributed by atoms with Crippen LogP contribution >= 0.6 is 11.6 Å². The number of nitrogens with one attached hydrogen (secondary N) is 1. The summed E-state index contributed by atoms with van der Waals surface area (Å²) in [5, 5.41) is 2.95. The highest BCUT2D eigenvalue weighted by molar-refractivity contribution is 6.31. The molecule has 0 unspecified atom stereocenters. The third kappa shape index (κ3) is 4.14. The number of aryl methyl sites for hydroxylation is 1. The Kier molecular flexibility index (Phi) is 4.95. The number of ether oxygens (including phenoxy) is 1. The van der Waals surface area contributed by atoms with Crippen LogP contribution in [0.15, 0.2) is 60.9 Å². The lowest BCUT2D eigenvalue weighted by Gasteiger charge is -2.11. The van der Waals surface area contributed by atoms with Crippen molar-refractivity contribution in [3.63, 3.8) is 0 Å². The van der Waals surface area contributed by atoms with Crippen LogP contribution in [0.2, 0.25) is 5.02 Å². The van der Waals surface area contributed by atoms with Crippen molar-refractivity contribution in [1.82, 2.24) is 4.98 Å². The van der Waals surface area contributed by atoms with E-state index in [2.05, 4.69) is 10.3 Å². The molecule has 3 rings (SSSR count). The lowest BCUT2D eigenvalue weighted by atomic mass is 10.1. The highest BCUT2D eigenvalue weighted by Gasteiger charge is 2.13. The van der Waals surface area contributed by atoms with Crippen LogP contribution in [-0.2, 0) is 0 Å². The van der Waals surface area contributed by atoms with Gasteiger partial charge in [-0.05, 0) is 61.0 Å². The van der Waals surface area contributed by atoms with Gasteiger partial charge in [0.15, 0.2) is 0 Å². The standard InChI is InChI=1S/C19H14ClFN2O2/c1-12-9-14(5-7-18(12)25-15-3-2-8-22-11-15)23-19(24)16-10-13(20)4-6-17(16)21/h2-11H,1H3,(H,23,24). The van der Waals surface area contributed by atoms with Gasteiger partial charge in [-0.1, -0.05) is 11.6 Å². The second kappa shape index (κ2) is 7.32. The van der Waals surface area contributed by atoms with Gasteiger partial charge in [0.2, 0.25) is 0 Å². The average Bonchev–Trinajstić information content (AvgIpc) is 2.60. The van der Waals surface area contributed by atoms with Crippen LogP contribution in [0.25, 0.3) is 0 Å². The van der Waals surface area contributed by atoms with Crippen molar-refractivity contribution in [2.75, 3.05) is 5.32 Å². The van der Waals surface area contributed by atoms with Crippen molar-refractivity contribution < 1.29 is 13.9 Å². The average molecular weight is 357 g/mol. The van der Waals surface area contributed by atoms with E-state index in [-0.39, 0.29) is 5.56 Å². The van der Waals surface area contributed by atoms with Gasteiger partial charge < -0.3 is 10.1 Å². The number of pyridine rings is 1. The predicted molar refractivity (Wildman–Crippen MR) is 94.9 cm³/mol. The fraction of sp³-hybridized carbons (Fsp3) is 0.0526. The zero-order valence-corrected chi connectivity index (χ0v) is 14.0. The van der Waals surface area contributed by atoms with Gasteiger partial charge in [0.1, 0.15) is 17.3 Å². The second-order valence-corrected chi connectivity index (χ2v) is 5.79. The Morgan fingerprint density at radius 2 is 2.04 bits per heavy atom. The maximum Gasteiger partial charge on any atom is 0.258 e. The number of hydrogen-bond donors (Lipinski definition) is 1. The van der Waals surface area contributed by atoms with E-state index < -0.39 is 11.7 Å². The minimum Gasteiger partial charge on any atom is -0.455 e. The quantitative estimate of drug-likeness (QED) is 0.696. The summed E-state index contributed by atoms with van der Waals surface area (Å²) in [5.41, 5.74) is 1.23. The molecule has 0 saturated heterocycles. The van der Waals surface area contributed by atoms with Crippen molar-refractivity contribution in [3.05, 3.63) is 82.9 Å². The number of halogens is 2. The second-order valence-electron chi connectivity index (χ2n) is 5.35. The zero-order valence-electron chi connectivity index (χ0n) is 13.3. The summed E-state index contributed by atoms with van der Waals surface area (Å²) in [6.07, 6.45) is 3.27. The maximum atomic E-state index is 13.8. The molecule has 126 valence electrons. The van der Waals surface area contributed by atoms with Crippen LogP contribution in [0.1, 0.15) is 15.9 Å². The van der Waals surface area contributed by atoms with E-state index in [0.29, 0.717) is 22.2 Å². The van der Waals surface area contributed by atoms with Crippen molar-refractivity contribution in [2.24, 2.45) is 0 Å². The van der Waals surface area contributed by atoms with Crippen LogP contribution in [0.5, 0.6) is 11.5 Å². The van der Waals surface area contributed by atoms with E-state index in [4.69, 9.17) is 16.3 Å². The highest BCUT2D eigenvalue weighted by Crippen LogP contribution is 2.27. The Morgan fingerprint density at radius 1 is 1.20 bits per heavy atom. The van der Waals surface area contributed by atoms with Gasteiger partial charge in [0.25, 0.3) is 5.91 Å². The van der Waals surface area contributed by atoms with Crippen molar-refractivity contribution in [3.8, 4) is 11.5 Å². The molecule has 2 aromatic carbocycles. The molecule has 0 bridgehead atoms. The minimum absolute atomic E-state index is 0.110. The first kappa shape index (κ1) is 16.9. The van der Waals surface area contributed by atoms with Gasteiger partial charge in [-0.2, -0.15) is 0 Å². The van der Waals surface area contributed by atoms with Gasteiger partial charge in [-0.25, -0.2) is 4.39 Å². The number of aromatic nitrogens is 1. The van der Waals surface area contributed by atoms with E-state index in [0.717, 1.165) is 11.6 Å². The van der Waals surface area contributed by atoms with Crippen LogP contribution < -0.4 is 10.1 Å². The third-order valence-electron chi connectivity index (χ3n) is 3.47. The molecule has 0 aliphatic carbocycles. The van der Waals surface area contributed by atoms with E-state index in [1.807, 2.05) is 6.92 Å². The van der Waals surface area contributed by atoms with E-state index in [9.17, 15) is 9.18 Å². The van der Waals surface area contributed by atoms with Crippen LogP contribution in [0.4, 0.5) is 10.1 Å². The molecule has 0 spiro atoms. The lowest BCUT2D eigenvalue weighted by molar-refractivity contribution is 0.102. The lowest BCUT2D eigenvalue weighted by Crippen LogP contribution is -2.13. The number of benzene rings is 2. The molecule has 1 N–H and O–H groups in total. The molecule has 1 heterocycles. The number of rotatable bonds is 4. The fourth-order valence-corrected chi connectivity index (χ4v) is 2.42. The Bertz CT molecular complexity index is 917. The summed E-state index contributed by atoms with van der Waals surface area (Å²) in [6, 6.07) is 12.6. The summed E-state index contributed by atoms with van der Waals surface area (Å²) in [6.45, 7) is 1.85. The molecule has 4 nitrogen and oxygen atoms in total. The van der Waals surface area contributed by atoms with Crippen molar-refractivity contribution >= 4 is 23.2 Å². The molecule has 3 aromatic rings. The highest BCUT2D eigenvalue weighted by atomic mass is 35.5. The molecule has 1 aromatic heterocycles. The zero-order chi connectivity index (χ0) is 17.8. The van der Waals surface area contributed by atoms with Gasteiger partial charge in [0.05, 0.1) is 11.8 Å². The van der Waals surface area contributed by atoms with Crippen LogP contribution in [0.3, 0.4) is 0 Å². The van der Waals surface area contributed by atoms with Crippen LogP contribution in [-0.4, -0.2) is 10.9 Å². The maximum absolute atomic E-state index is 13.8. The molecule has 6 heteroatoms. The summed E-state index contributed by atoms with van der Waals surface area (Å²) >= 11 is 5.82. The largest absolute Gasteiger partial charge is 0.455 e. The minimum atomic E-state index is -0.629. The molecule has 0 saturated carbocycles. The third-order valence-corrected chi connectivity index (χ3v) is 3.70. The molecule has 0 aliphatic rings. The normalized spacial score (nSPS) is 10.4. The Labute approximate surface area is 149 Å². The Hall–Kier alpha value is -2.92. The number of carbonyl (C=O) groups is 1. The molecular weight excluding hydrogens is 343 g/mol. The molecule has 0 fully saturated rings.